The van der Waals surface area contributed by atoms with Gasteiger partial charge >= 0.3 is 6.18 Å². The van der Waals surface area contributed by atoms with Gasteiger partial charge in [-0.25, -0.2) is 0 Å². The lowest BCUT2D eigenvalue weighted by Gasteiger charge is -2.21. The van der Waals surface area contributed by atoms with Crippen LogP contribution < -0.4 is 5.32 Å². The summed E-state index contributed by atoms with van der Waals surface area (Å²) in [6.07, 6.45) is -3.09. The van der Waals surface area contributed by atoms with E-state index in [2.05, 4.69) is 21.2 Å². The van der Waals surface area contributed by atoms with Crippen LogP contribution in [0.15, 0.2) is 22.7 Å². The Morgan fingerprint density at radius 3 is 2.29 bits per heavy atom. The van der Waals surface area contributed by atoms with Crippen molar-refractivity contribution in [2.75, 3.05) is 13.1 Å². The van der Waals surface area contributed by atoms with Crippen molar-refractivity contribution < 1.29 is 18.0 Å². The summed E-state index contributed by atoms with van der Waals surface area (Å²) in [6.45, 7) is 5.47. The molecule has 1 aromatic carbocycles. The summed E-state index contributed by atoms with van der Waals surface area (Å²) in [4.78, 5) is 12.2. The van der Waals surface area contributed by atoms with Crippen LogP contribution in [0.2, 0.25) is 0 Å². The number of halogens is 4. The highest BCUT2D eigenvalue weighted by atomic mass is 79.9. The molecule has 0 bridgehead atoms. The molecule has 1 aromatic rings. The van der Waals surface area contributed by atoms with Crippen molar-refractivity contribution in [3.05, 3.63) is 33.8 Å². The van der Waals surface area contributed by atoms with Crippen molar-refractivity contribution in [2.24, 2.45) is 5.92 Å². The first-order chi connectivity index (χ1) is 9.88. The molecule has 1 saturated heterocycles. The highest BCUT2D eigenvalue weighted by molar-refractivity contribution is 9.10. The molecular formula is C15H19BrF3NO. The van der Waals surface area contributed by atoms with Crippen molar-refractivity contribution in [3.8, 4) is 0 Å². The minimum atomic E-state index is -4.44. The second kappa shape index (κ2) is 7.94. The van der Waals surface area contributed by atoms with Crippen LogP contribution in [0, 0.1) is 5.92 Å². The smallest absolute Gasteiger partial charge is 0.317 e. The van der Waals surface area contributed by atoms with Gasteiger partial charge in [0.05, 0.1) is 5.56 Å². The lowest BCUT2D eigenvalue weighted by atomic mass is 9.89. The number of benzene rings is 1. The van der Waals surface area contributed by atoms with E-state index in [9.17, 15) is 18.0 Å². The molecule has 0 radical (unpaired) electrons. The molecule has 0 aliphatic carbocycles. The number of hydrogen-bond acceptors (Lipinski definition) is 2. The zero-order chi connectivity index (χ0) is 16.0. The van der Waals surface area contributed by atoms with E-state index in [4.69, 9.17) is 0 Å². The first-order valence-electron chi connectivity index (χ1n) is 7.00. The quantitative estimate of drug-likeness (QED) is 0.771. The van der Waals surface area contributed by atoms with Crippen molar-refractivity contribution in [1.82, 2.24) is 5.32 Å². The Labute approximate surface area is 131 Å². The van der Waals surface area contributed by atoms with Crippen LogP contribution in [0.5, 0.6) is 0 Å². The molecule has 2 rings (SSSR count). The molecule has 0 aromatic heterocycles. The van der Waals surface area contributed by atoms with Gasteiger partial charge in [0.15, 0.2) is 5.78 Å². The number of alkyl halides is 3. The molecule has 1 heterocycles. The minimum absolute atomic E-state index is 0.133. The maximum atomic E-state index is 12.7. The van der Waals surface area contributed by atoms with Crippen LogP contribution in [-0.4, -0.2) is 18.9 Å². The lowest BCUT2D eigenvalue weighted by Crippen LogP contribution is -2.32. The summed E-state index contributed by atoms with van der Waals surface area (Å²) in [5.74, 6) is -0.384. The van der Waals surface area contributed by atoms with E-state index >= 15 is 0 Å². The van der Waals surface area contributed by atoms with E-state index in [1.54, 1.807) is 0 Å². The van der Waals surface area contributed by atoms with Gasteiger partial charge in [-0.1, -0.05) is 29.8 Å². The van der Waals surface area contributed by atoms with E-state index in [-0.39, 0.29) is 21.7 Å². The predicted octanol–water partition coefficient (Wildman–Crippen LogP) is 4.68. The Morgan fingerprint density at radius 2 is 1.76 bits per heavy atom. The number of carbonyl (C=O) groups is 1. The van der Waals surface area contributed by atoms with Crippen molar-refractivity contribution >= 4 is 21.7 Å². The van der Waals surface area contributed by atoms with Crippen molar-refractivity contribution in [2.45, 2.75) is 32.9 Å². The zero-order valence-corrected chi connectivity index (χ0v) is 13.6. The molecule has 2 nitrogen and oxygen atoms in total. The van der Waals surface area contributed by atoms with E-state index < -0.39 is 11.7 Å². The van der Waals surface area contributed by atoms with E-state index in [0.717, 1.165) is 25.2 Å². The number of hydrogen-bond donors (Lipinski definition) is 1. The number of ketones is 1. The second-order valence-corrected chi connectivity index (χ2v) is 5.53. The molecule has 1 aliphatic heterocycles. The van der Waals surface area contributed by atoms with E-state index in [1.807, 2.05) is 13.8 Å². The number of carbonyl (C=O) groups excluding carboxylic acids is 1. The lowest BCUT2D eigenvalue weighted by molar-refractivity contribution is -0.137. The Kier molecular flexibility index (Phi) is 6.87. The summed E-state index contributed by atoms with van der Waals surface area (Å²) < 4.78 is 38.4. The first kappa shape index (κ1) is 18.2. The van der Waals surface area contributed by atoms with E-state index in [1.165, 1.54) is 6.07 Å². The maximum absolute atomic E-state index is 12.7. The molecule has 6 heteroatoms. The summed E-state index contributed by atoms with van der Waals surface area (Å²) in [5, 5.41) is 3.13. The minimum Gasteiger partial charge on any atom is -0.317 e. The summed E-state index contributed by atoms with van der Waals surface area (Å²) in [6, 6.07) is 3.38. The fourth-order valence-electron chi connectivity index (χ4n) is 2.22. The Balaban J connectivity index is 0.00000106. The first-order valence-corrected chi connectivity index (χ1v) is 7.80. The maximum Gasteiger partial charge on any atom is 0.416 e. The molecular weight excluding hydrogens is 347 g/mol. The predicted molar refractivity (Wildman–Crippen MR) is 80.4 cm³/mol. The van der Waals surface area contributed by atoms with Gasteiger partial charge in [0.1, 0.15) is 0 Å². The van der Waals surface area contributed by atoms with Gasteiger partial charge in [-0.15, -0.1) is 0 Å². The van der Waals surface area contributed by atoms with Gasteiger partial charge in [-0.2, -0.15) is 13.2 Å². The summed E-state index contributed by atoms with van der Waals surface area (Å²) in [5.41, 5.74) is -0.659. The van der Waals surface area contributed by atoms with Crippen LogP contribution in [0.1, 0.15) is 42.6 Å². The molecule has 0 unspecified atom stereocenters. The summed E-state index contributed by atoms with van der Waals surface area (Å²) in [7, 11) is 0. The highest BCUT2D eigenvalue weighted by Crippen LogP contribution is 2.33. The average Bonchev–Trinajstić information content (AvgIpc) is 2.48. The Morgan fingerprint density at radius 1 is 1.19 bits per heavy atom. The molecule has 1 N–H and O–H groups in total. The van der Waals surface area contributed by atoms with Gasteiger partial charge in [-0.05, 0) is 44.1 Å². The van der Waals surface area contributed by atoms with E-state index in [0.29, 0.717) is 12.8 Å². The summed E-state index contributed by atoms with van der Waals surface area (Å²) >= 11 is 3.03. The van der Waals surface area contributed by atoms with Gasteiger partial charge in [0, 0.05) is 16.0 Å². The third kappa shape index (κ3) is 5.11. The molecule has 1 fully saturated rings. The molecule has 118 valence electrons. The van der Waals surface area contributed by atoms with Gasteiger partial charge < -0.3 is 5.32 Å². The highest BCUT2D eigenvalue weighted by Gasteiger charge is 2.32. The Bertz CT molecular complexity index is 482. The average molecular weight is 366 g/mol. The third-order valence-electron chi connectivity index (χ3n) is 3.22. The second-order valence-electron chi connectivity index (χ2n) is 4.61. The standard InChI is InChI=1S/C13H13BrF3NO.C2H6/c14-11-6-9(5-10(7-11)13(15,16)17)12(19)8-1-3-18-4-2-8;1-2/h5-8,18H,1-4H2;1-2H3. The Hall–Kier alpha value is -0.880. The van der Waals surface area contributed by atoms with Crippen molar-refractivity contribution in [3.63, 3.8) is 0 Å². The van der Waals surface area contributed by atoms with Crippen LogP contribution in [0.4, 0.5) is 13.2 Å². The van der Waals surface area contributed by atoms with Crippen LogP contribution in [-0.2, 0) is 6.18 Å². The number of nitrogens with one attached hydrogen (secondary N) is 1. The topological polar surface area (TPSA) is 29.1 Å². The SMILES string of the molecule is CC.O=C(c1cc(Br)cc(C(F)(F)F)c1)C1CCNCC1. The van der Waals surface area contributed by atoms with Gasteiger partial charge in [0.25, 0.3) is 0 Å². The van der Waals surface area contributed by atoms with Crippen LogP contribution in [0.25, 0.3) is 0 Å². The monoisotopic (exact) mass is 365 g/mol. The molecule has 1 aliphatic rings. The molecule has 0 saturated carbocycles. The normalized spacial score (nSPS) is 16.1. The molecule has 0 atom stereocenters. The molecule has 0 spiro atoms. The number of piperidine rings is 1. The number of rotatable bonds is 2. The van der Waals surface area contributed by atoms with Gasteiger partial charge in [0.2, 0.25) is 0 Å². The molecule has 21 heavy (non-hydrogen) atoms. The third-order valence-corrected chi connectivity index (χ3v) is 3.68. The van der Waals surface area contributed by atoms with Crippen molar-refractivity contribution in [1.29, 1.82) is 0 Å². The fraction of sp³-hybridized carbons (Fsp3) is 0.533. The zero-order valence-electron chi connectivity index (χ0n) is 12.1. The van der Waals surface area contributed by atoms with Crippen LogP contribution >= 0.6 is 15.9 Å². The van der Waals surface area contributed by atoms with Gasteiger partial charge in [-0.3, -0.25) is 4.79 Å². The van der Waals surface area contributed by atoms with Crippen LogP contribution in [0.3, 0.4) is 0 Å². The fourth-order valence-corrected chi connectivity index (χ4v) is 2.71. The largest absolute Gasteiger partial charge is 0.416 e. The molecule has 0 amide bonds. The number of Topliss-reactive ketones (excluding diaryl/α,β-unsaturated/α-hetero) is 1.